The average molecular weight is 513 g/mol. The van der Waals surface area contributed by atoms with Crippen LogP contribution in [-0.4, -0.2) is 26.3 Å². The third-order valence-electron chi connectivity index (χ3n) is 7.66. The van der Waals surface area contributed by atoms with Crippen molar-refractivity contribution in [3.05, 3.63) is 47.1 Å². The first-order valence-electron chi connectivity index (χ1n) is 15.2. The third-order valence-corrected chi connectivity index (χ3v) is 7.66. The Morgan fingerprint density at radius 2 is 1.43 bits per heavy atom. The zero-order chi connectivity index (χ0) is 26.9. The van der Waals surface area contributed by atoms with E-state index >= 15 is 0 Å². The van der Waals surface area contributed by atoms with Gasteiger partial charge in [0.05, 0.1) is 13.2 Å². The molecule has 37 heavy (non-hydrogen) atoms. The van der Waals surface area contributed by atoms with E-state index in [0.29, 0.717) is 5.92 Å². The lowest BCUT2D eigenvalue weighted by atomic mass is 9.73. The normalized spacial score (nSPS) is 17.5. The van der Waals surface area contributed by atoms with E-state index in [1.54, 1.807) is 0 Å². The van der Waals surface area contributed by atoms with Crippen LogP contribution >= 0.6 is 0 Å². The van der Waals surface area contributed by atoms with Crippen LogP contribution < -0.4 is 20.9 Å². The summed E-state index contributed by atoms with van der Waals surface area (Å²) < 4.78 is 13.2. The first-order valence-corrected chi connectivity index (χ1v) is 15.2. The van der Waals surface area contributed by atoms with Crippen LogP contribution in [0.4, 0.5) is 0 Å². The lowest BCUT2D eigenvalue weighted by molar-refractivity contribution is 0.278. The van der Waals surface area contributed by atoms with Gasteiger partial charge in [-0.25, -0.2) is 0 Å². The lowest BCUT2D eigenvalue weighted by Gasteiger charge is -2.33. The summed E-state index contributed by atoms with van der Waals surface area (Å²) in [4.78, 5) is 0. The van der Waals surface area contributed by atoms with E-state index in [-0.39, 0.29) is 5.92 Å². The monoisotopic (exact) mass is 512 g/mol. The number of benzene rings is 1. The van der Waals surface area contributed by atoms with Crippen LogP contribution in [0.15, 0.2) is 35.9 Å². The molecule has 0 saturated heterocycles. The van der Waals surface area contributed by atoms with E-state index in [2.05, 4.69) is 45.6 Å². The topological polar surface area (TPSA) is 70.5 Å². The predicted molar refractivity (Wildman–Crippen MR) is 160 cm³/mol. The van der Waals surface area contributed by atoms with Crippen LogP contribution in [0, 0.1) is 5.92 Å². The second kappa shape index (κ2) is 18.5. The highest BCUT2D eigenvalue weighted by Crippen LogP contribution is 2.47. The Bertz CT molecular complexity index is 780. The molecule has 0 unspecified atom stereocenters. The number of hydrogen-bond donors (Lipinski definition) is 2. The molecule has 2 atom stereocenters. The molecule has 0 fully saturated rings. The Morgan fingerprint density at radius 1 is 0.865 bits per heavy atom. The van der Waals surface area contributed by atoms with Crippen LogP contribution in [0.1, 0.15) is 121 Å². The molecule has 0 amide bonds. The highest BCUT2D eigenvalue weighted by atomic mass is 16.5. The van der Waals surface area contributed by atoms with Gasteiger partial charge in [0, 0.05) is 11.5 Å². The summed E-state index contributed by atoms with van der Waals surface area (Å²) in [5.74, 6) is 2.70. The van der Waals surface area contributed by atoms with Gasteiger partial charge >= 0.3 is 0 Å². The van der Waals surface area contributed by atoms with Gasteiger partial charge in [-0.1, -0.05) is 69.2 Å². The molecule has 1 aromatic carbocycles. The Hall–Kier alpha value is -1.78. The number of unbranched alkanes of at least 4 members (excludes halogenated alkanes) is 8. The predicted octanol–water partition coefficient (Wildman–Crippen LogP) is 8.23. The summed E-state index contributed by atoms with van der Waals surface area (Å²) >= 11 is 0. The summed E-state index contributed by atoms with van der Waals surface area (Å²) in [6, 6.07) is 4.62. The van der Waals surface area contributed by atoms with Gasteiger partial charge in [-0.15, -0.1) is 0 Å². The number of aryl methyl sites for hydroxylation is 1. The number of ether oxygens (including phenoxy) is 2. The summed E-state index contributed by atoms with van der Waals surface area (Å²) in [5.41, 5.74) is 16.6. The van der Waals surface area contributed by atoms with Gasteiger partial charge in [0.1, 0.15) is 11.5 Å². The largest absolute Gasteiger partial charge is 0.493 e. The zero-order valence-corrected chi connectivity index (χ0v) is 24.3. The van der Waals surface area contributed by atoms with Crippen molar-refractivity contribution < 1.29 is 9.47 Å². The molecule has 0 aromatic heterocycles. The molecule has 0 bridgehead atoms. The summed E-state index contributed by atoms with van der Waals surface area (Å²) in [5, 5.41) is 0. The van der Waals surface area contributed by atoms with Crippen LogP contribution in [0.5, 0.6) is 11.5 Å². The fourth-order valence-corrected chi connectivity index (χ4v) is 5.42. The van der Waals surface area contributed by atoms with Crippen molar-refractivity contribution in [2.24, 2.45) is 17.4 Å². The second-order valence-corrected chi connectivity index (χ2v) is 11.1. The standard InChI is InChI=1S/C33H56N2O2/c1-5-6-11-16-28-24-31(36-21-14-9-7-12-19-34)33(30-23-27(4)17-18-29(30)26(2)3)32(25-28)37-22-15-10-8-13-20-35/h23-25,29-30H,2,5-22,34-35H2,1,3-4H3/t29-,30+/m0/s1. The third kappa shape index (κ3) is 11.2. The molecule has 1 aromatic rings. The number of hydrogen-bond acceptors (Lipinski definition) is 4. The molecular weight excluding hydrogens is 456 g/mol. The first kappa shape index (κ1) is 31.4. The smallest absolute Gasteiger partial charge is 0.127 e. The van der Waals surface area contributed by atoms with Gasteiger partial charge in [0.2, 0.25) is 0 Å². The van der Waals surface area contributed by atoms with E-state index in [1.807, 2.05) is 0 Å². The molecule has 0 radical (unpaired) electrons. The summed E-state index contributed by atoms with van der Waals surface area (Å²) in [6.45, 7) is 14.1. The molecule has 1 aliphatic rings. The second-order valence-electron chi connectivity index (χ2n) is 11.1. The molecule has 1 aliphatic carbocycles. The molecule has 4 heteroatoms. The Labute approximate surface area is 228 Å². The minimum absolute atomic E-state index is 0.246. The van der Waals surface area contributed by atoms with Crippen LogP contribution in [-0.2, 0) is 6.42 Å². The van der Waals surface area contributed by atoms with Crippen molar-refractivity contribution >= 4 is 0 Å². The van der Waals surface area contributed by atoms with Gasteiger partial charge in [-0.3, -0.25) is 0 Å². The SMILES string of the molecule is C=C(C)[C@@H]1CCC(C)=C[C@H]1c1c(OCCCCCCN)cc(CCCCC)cc1OCCCCCCN. The minimum Gasteiger partial charge on any atom is -0.493 e. The van der Waals surface area contributed by atoms with Crippen molar-refractivity contribution in [2.45, 2.75) is 117 Å². The highest BCUT2D eigenvalue weighted by molar-refractivity contribution is 5.53. The van der Waals surface area contributed by atoms with E-state index in [0.717, 1.165) is 95.6 Å². The zero-order valence-electron chi connectivity index (χ0n) is 24.3. The van der Waals surface area contributed by atoms with Gasteiger partial charge in [0.15, 0.2) is 0 Å². The fraction of sp³-hybridized carbons (Fsp3) is 0.697. The minimum atomic E-state index is 0.246. The molecule has 210 valence electrons. The Kier molecular flexibility index (Phi) is 15.7. The fourth-order valence-electron chi connectivity index (χ4n) is 5.42. The first-order chi connectivity index (χ1) is 18.0. The van der Waals surface area contributed by atoms with Crippen LogP contribution in [0.25, 0.3) is 0 Å². The van der Waals surface area contributed by atoms with Crippen LogP contribution in [0.2, 0.25) is 0 Å². The molecule has 4 N–H and O–H groups in total. The number of nitrogens with two attached hydrogens (primary N) is 2. The number of rotatable bonds is 20. The molecule has 0 aliphatic heterocycles. The summed E-state index contributed by atoms with van der Waals surface area (Å²) in [7, 11) is 0. The molecule has 0 heterocycles. The lowest BCUT2D eigenvalue weighted by Crippen LogP contribution is -2.19. The quantitative estimate of drug-likeness (QED) is 0.136. The van der Waals surface area contributed by atoms with Gasteiger partial charge in [-0.2, -0.15) is 0 Å². The maximum atomic E-state index is 6.60. The molecule has 0 spiro atoms. The molecule has 4 nitrogen and oxygen atoms in total. The summed E-state index contributed by atoms with van der Waals surface area (Å²) in [6.07, 6.45) is 18.4. The van der Waals surface area contributed by atoms with Crippen LogP contribution in [0.3, 0.4) is 0 Å². The van der Waals surface area contributed by atoms with E-state index in [9.17, 15) is 0 Å². The average Bonchev–Trinajstić information content (AvgIpc) is 2.88. The van der Waals surface area contributed by atoms with E-state index in [1.165, 1.54) is 54.4 Å². The number of allylic oxidation sites excluding steroid dienone is 3. The molecular formula is C33H56N2O2. The Morgan fingerprint density at radius 3 is 1.95 bits per heavy atom. The van der Waals surface area contributed by atoms with Crippen molar-refractivity contribution in [3.8, 4) is 11.5 Å². The van der Waals surface area contributed by atoms with Gasteiger partial charge in [0.25, 0.3) is 0 Å². The molecule has 2 rings (SSSR count). The van der Waals surface area contributed by atoms with E-state index < -0.39 is 0 Å². The van der Waals surface area contributed by atoms with Gasteiger partial charge in [-0.05, 0) is 102 Å². The Balaban J connectivity index is 2.37. The van der Waals surface area contributed by atoms with E-state index in [4.69, 9.17) is 20.9 Å². The van der Waals surface area contributed by atoms with Crippen molar-refractivity contribution in [1.29, 1.82) is 0 Å². The maximum absolute atomic E-state index is 6.60. The van der Waals surface area contributed by atoms with Crippen molar-refractivity contribution in [3.63, 3.8) is 0 Å². The highest BCUT2D eigenvalue weighted by Gasteiger charge is 2.31. The van der Waals surface area contributed by atoms with Crippen molar-refractivity contribution in [1.82, 2.24) is 0 Å². The van der Waals surface area contributed by atoms with Crippen molar-refractivity contribution in [2.75, 3.05) is 26.3 Å². The molecule has 0 saturated carbocycles. The maximum Gasteiger partial charge on any atom is 0.127 e. The van der Waals surface area contributed by atoms with Gasteiger partial charge < -0.3 is 20.9 Å².